The van der Waals surface area contributed by atoms with Gasteiger partial charge in [-0.3, -0.25) is 23.7 Å². The maximum Gasteiger partial charge on any atom is 0.336 e. The number of anilines is 2. The number of amides is 2. The lowest BCUT2D eigenvalue weighted by molar-refractivity contribution is -0.139. The molecule has 1 aliphatic rings. The van der Waals surface area contributed by atoms with Gasteiger partial charge in [-0.05, 0) is 67.6 Å². The van der Waals surface area contributed by atoms with Crippen LogP contribution in [0.4, 0.5) is 20.2 Å². The number of nitrogens with one attached hydrogen (secondary N) is 3. The van der Waals surface area contributed by atoms with E-state index in [4.69, 9.17) is 0 Å². The number of sulfonamides is 1. The lowest BCUT2D eigenvalue weighted by Gasteiger charge is -2.20. The van der Waals surface area contributed by atoms with Crippen LogP contribution in [-0.2, 0) is 45.9 Å². The summed E-state index contributed by atoms with van der Waals surface area (Å²) in [7, 11) is -2.87. The molecule has 274 valence electrons. The van der Waals surface area contributed by atoms with E-state index in [1.165, 1.54) is 35.0 Å². The van der Waals surface area contributed by atoms with Gasteiger partial charge in [0.2, 0.25) is 5.91 Å². The van der Waals surface area contributed by atoms with Crippen LogP contribution in [0.5, 0.6) is 0 Å². The molecule has 0 saturated carbocycles. The topological polar surface area (TPSA) is 199 Å². The number of hydrogen-bond donors (Lipinski definition) is 4. The summed E-state index contributed by atoms with van der Waals surface area (Å²) < 4.78 is 60.3. The lowest BCUT2D eigenvalue weighted by Crippen LogP contribution is -2.43. The zero-order valence-corrected chi connectivity index (χ0v) is 29.4. The van der Waals surface area contributed by atoms with E-state index in [-0.39, 0.29) is 28.6 Å². The molecule has 0 saturated heterocycles. The number of carboxylic acid groups (broad SMARTS) is 1. The lowest BCUT2D eigenvalue weighted by atomic mass is 9.95. The molecule has 0 bridgehead atoms. The number of carbonyl (C=O) groups excluding carboxylic acids is 2. The smallest absolute Gasteiger partial charge is 0.336 e. The summed E-state index contributed by atoms with van der Waals surface area (Å²) in [4.78, 5) is 67.2. The highest BCUT2D eigenvalue weighted by Crippen LogP contribution is 2.25. The maximum atomic E-state index is 15.1. The van der Waals surface area contributed by atoms with Gasteiger partial charge in [0.25, 0.3) is 21.5 Å². The number of aliphatic carboxylic acids is 1. The van der Waals surface area contributed by atoms with Crippen LogP contribution in [0.15, 0.2) is 69.2 Å². The molecule has 5 rings (SSSR count). The van der Waals surface area contributed by atoms with Gasteiger partial charge in [0.05, 0.1) is 16.1 Å². The van der Waals surface area contributed by atoms with Gasteiger partial charge in [-0.1, -0.05) is 26.8 Å². The molecule has 0 radical (unpaired) electrons. The van der Waals surface area contributed by atoms with Crippen molar-refractivity contribution in [3.8, 4) is 5.82 Å². The number of nitrogens with zero attached hydrogens (tertiary/aromatic N) is 3. The molecule has 1 aliphatic carbocycles. The van der Waals surface area contributed by atoms with Crippen molar-refractivity contribution in [1.29, 1.82) is 0 Å². The van der Waals surface area contributed by atoms with Crippen LogP contribution in [0.3, 0.4) is 0 Å². The quantitative estimate of drug-likeness (QED) is 0.189. The van der Waals surface area contributed by atoms with Crippen LogP contribution < -0.4 is 26.6 Å². The van der Waals surface area contributed by atoms with E-state index >= 15 is 8.78 Å². The Morgan fingerprint density at radius 1 is 0.981 bits per heavy atom. The Balaban J connectivity index is 1.28. The number of halogens is 2. The molecule has 17 heteroatoms. The average molecular weight is 739 g/mol. The van der Waals surface area contributed by atoms with E-state index < -0.39 is 67.5 Å². The SMILES string of the molecule is Cn1c2c(c(=O)n(-c3ccc(C[C@H](NC(=O)c4cc(F)c(NS(=O)(=O)c5ccc(NC(=O)C(C)(C)C)cc5)cc4F)C(=O)O)cn3)c1=O)CCCC2. The summed E-state index contributed by atoms with van der Waals surface area (Å²) in [5.41, 5.74) is -1.64. The molecule has 0 spiro atoms. The van der Waals surface area contributed by atoms with Crippen molar-refractivity contribution >= 4 is 39.2 Å². The van der Waals surface area contributed by atoms with E-state index in [0.29, 0.717) is 41.9 Å². The zero-order chi connectivity index (χ0) is 38.1. The Morgan fingerprint density at radius 3 is 2.27 bits per heavy atom. The number of fused-ring (bicyclic) bond motifs is 1. The molecule has 14 nitrogen and oxygen atoms in total. The van der Waals surface area contributed by atoms with Crippen LogP contribution in [-0.4, -0.2) is 51.5 Å². The van der Waals surface area contributed by atoms with Crippen LogP contribution in [0.25, 0.3) is 5.82 Å². The van der Waals surface area contributed by atoms with Gasteiger partial charge >= 0.3 is 11.7 Å². The fraction of sp³-hybridized carbons (Fsp3) is 0.314. The van der Waals surface area contributed by atoms with Gasteiger partial charge in [-0.15, -0.1) is 0 Å². The van der Waals surface area contributed by atoms with Gasteiger partial charge in [-0.25, -0.2) is 36.3 Å². The predicted molar refractivity (Wildman–Crippen MR) is 186 cm³/mol. The third-order valence-electron chi connectivity index (χ3n) is 8.51. The number of carbonyl (C=O) groups is 3. The molecule has 2 aromatic carbocycles. The summed E-state index contributed by atoms with van der Waals surface area (Å²) in [6.07, 6.45) is 3.70. The van der Waals surface area contributed by atoms with Gasteiger partial charge < -0.3 is 15.7 Å². The van der Waals surface area contributed by atoms with Crippen LogP contribution in [0.2, 0.25) is 0 Å². The number of pyridine rings is 1. The molecule has 0 aliphatic heterocycles. The fourth-order valence-corrected chi connectivity index (χ4v) is 6.62. The molecule has 4 aromatic rings. The van der Waals surface area contributed by atoms with Gasteiger partial charge in [-0.2, -0.15) is 0 Å². The minimum absolute atomic E-state index is 0.0218. The highest BCUT2D eigenvalue weighted by molar-refractivity contribution is 7.92. The number of hydrogen-bond acceptors (Lipinski definition) is 8. The molecular weight excluding hydrogens is 702 g/mol. The van der Waals surface area contributed by atoms with Crippen LogP contribution in [0, 0.1) is 17.0 Å². The first kappa shape index (κ1) is 37.5. The van der Waals surface area contributed by atoms with Crippen molar-refractivity contribution in [2.24, 2.45) is 12.5 Å². The number of rotatable bonds is 10. The van der Waals surface area contributed by atoms with E-state index in [9.17, 15) is 37.5 Å². The van der Waals surface area contributed by atoms with E-state index in [0.717, 1.165) is 29.5 Å². The summed E-state index contributed by atoms with van der Waals surface area (Å²) >= 11 is 0. The number of benzene rings is 2. The van der Waals surface area contributed by atoms with Crippen molar-refractivity contribution in [3.63, 3.8) is 0 Å². The fourth-order valence-electron chi connectivity index (χ4n) is 5.56. The normalized spacial score (nSPS) is 13.5. The average Bonchev–Trinajstić information content (AvgIpc) is 3.08. The molecule has 2 amide bonds. The first-order chi connectivity index (χ1) is 24.4. The second-order valence-electron chi connectivity index (χ2n) is 13.4. The largest absolute Gasteiger partial charge is 0.480 e. The van der Waals surface area contributed by atoms with E-state index in [2.05, 4.69) is 15.6 Å². The molecule has 52 heavy (non-hydrogen) atoms. The highest BCUT2D eigenvalue weighted by Gasteiger charge is 2.27. The standard InChI is InChI=1S/C35H36F2N6O8S/c1-35(2,3)33(48)39-20-10-12-21(13-11-20)52(50,51)41-26-17-24(36)23(16-25(26)37)30(44)40-27(32(46)47)15-19-9-14-29(38-18-19)43-31(45)22-7-5-6-8-28(22)42(4)34(43)49/h9-14,16-18,27,41H,5-8,15H2,1-4H3,(H,39,48)(H,40,44)(H,46,47)/t27-/m0/s1. The minimum Gasteiger partial charge on any atom is -0.480 e. The Morgan fingerprint density at radius 2 is 1.65 bits per heavy atom. The molecule has 2 aromatic heterocycles. The third-order valence-corrected chi connectivity index (χ3v) is 9.90. The Kier molecular flexibility index (Phi) is 10.5. The number of aromatic nitrogens is 3. The molecular formula is C35H36F2N6O8S. The summed E-state index contributed by atoms with van der Waals surface area (Å²) in [5.74, 6) is -5.75. The Hall–Kier alpha value is -5.71. The first-order valence-electron chi connectivity index (χ1n) is 16.1. The van der Waals surface area contributed by atoms with E-state index in [1.807, 2.05) is 4.72 Å². The second kappa shape index (κ2) is 14.5. The van der Waals surface area contributed by atoms with Gasteiger partial charge in [0.15, 0.2) is 0 Å². The molecule has 0 fully saturated rings. The molecule has 0 unspecified atom stereocenters. The van der Waals surface area contributed by atoms with Crippen molar-refractivity contribution in [1.82, 2.24) is 19.4 Å². The van der Waals surface area contributed by atoms with Crippen molar-refractivity contribution in [2.45, 2.75) is 63.8 Å². The van der Waals surface area contributed by atoms with Crippen LogP contribution in [0.1, 0.15) is 60.8 Å². The van der Waals surface area contributed by atoms with Crippen LogP contribution >= 0.6 is 0 Å². The summed E-state index contributed by atoms with van der Waals surface area (Å²) in [6.45, 7) is 5.10. The van der Waals surface area contributed by atoms with Crippen molar-refractivity contribution in [2.75, 3.05) is 10.0 Å². The Bertz CT molecular complexity index is 2300. The monoisotopic (exact) mass is 738 g/mol. The first-order valence-corrected chi connectivity index (χ1v) is 17.6. The van der Waals surface area contributed by atoms with Gasteiger partial charge in [0, 0.05) is 48.1 Å². The predicted octanol–water partition coefficient (Wildman–Crippen LogP) is 3.30. The highest BCUT2D eigenvalue weighted by atomic mass is 32.2. The number of carboxylic acids is 1. The van der Waals surface area contributed by atoms with Crippen molar-refractivity contribution in [3.05, 3.63) is 110 Å². The summed E-state index contributed by atoms with van der Waals surface area (Å²) in [6, 6.07) is 6.98. The third kappa shape index (κ3) is 7.93. The van der Waals surface area contributed by atoms with Crippen molar-refractivity contribution < 1.29 is 36.7 Å². The molecule has 4 N–H and O–H groups in total. The second-order valence-corrected chi connectivity index (χ2v) is 15.0. The van der Waals surface area contributed by atoms with Gasteiger partial charge in [0.1, 0.15) is 23.5 Å². The van der Waals surface area contributed by atoms with E-state index in [1.54, 1.807) is 27.8 Å². The summed E-state index contributed by atoms with van der Waals surface area (Å²) in [5, 5.41) is 14.6. The molecule has 2 heterocycles. The molecule has 1 atom stereocenters. The maximum absolute atomic E-state index is 15.1. The minimum atomic E-state index is -4.45. The Labute approximate surface area is 296 Å². The zero-order valence-electron chi connectivity index (χ0n) is 28.6.